The third-order valence-corrected chi connectivity index (χ3v) is 6.16. The molecule has 34 heavy (non-hydrogen) atoms. The lowest BCUT2D eigenvalue weighted by molar-refractivity contribution is 0.306. The van der Waals surface area contributed by atoms with Crippen molar-refractivity contribution in [1.29, 1.82) is 0 Å². The van der Waals surface area contributed by atoms with E-state index in [0.717, 1.165) is 22.9 Å². The van der Waals surface area contributed by atoms with E-state index in [4.69, 9.17) is 21.3 Å². The molecule has 0 saturated heterocycles. The maximum Gasteiger partial charge on any atom is 0.282 e. The molecule has 0 saturated carbocycles. The smallest absolute Gasteiger partial charge is 0.282 e. The number of unbranched alkanes of at least 4 members (excludes halogenated alkanes) is 1. The summed E-state index contributed by atoms with van der Waals surface area (Å²) in [6.45, 7) is 4.57. The maximum absolute atomic E-state index is 13.3. The fourth-order valence-corrected chi connectivity index (χ4v) is 4.07. The molecule has 0 unspecified atom stereocenters. The summed E-state index contributed by atoms with van der Waals surface area (Å²) in [5, 5.41) is 5.61. The second-order valence-corrected chi connectivity index (χ2v) is 9.46. The molecule has 1 aromatic heterocycles. The first-order chi connectivity index (χ1) is 16.4. The summed E-state index contributed by atoms with van der Waals surface area (Å²) in [5.74, 6) is 1.26. The second kappa shape index (κ2) is 11.0. The summed E-state index contributed by atoms with van der Waals surface area (Å²) in [6, 6.07) is 19.1. The number of fused-ring (bicyclic) bond motifs is 1. The molecule has 0 aliphatic carbocycles. The first kappa shape index (κ1) is 24.2. The third kappa shape index (κ3) is 5.75. The number of rotatable bonds is 8. The topological polar surface area (TPSA) is 56.5 Å². The molecule has 0 aliphatic rings. The Labute approximate surface area is 212 Å². The van der Waals surface area contributed by atoms with Gasteiger partial charge < -0.3 is 4.74 Å². The SMILES string of the molecule is CCCCc1nc2ccc(Br)cc2c(=O)n1N=Cc1cc(Cl)ccc1OCc1ccc(C)cc1. The van der Waals surface area contributed by atoms with E-state index in [1.165, 1.54) is 10.2 Å². The van der Waals surface area contributed by atoms with Crippen molar-refractivity contribution in [1.82, 2.24) is 9.66 Å². The fourth-order valence-electron chi connectivity index (χ4n) is 3.53. The van der Waals surface area contributed by atoms with Gasteiger partial charge in [0.05, 0.1) is 17.1 Å². The fraction of sp³-hybridized carbons (Fsp3) is 0.222. The number of hydrogen-bond donors (Lipinski definition) is 0. The molecule has 0 bridgehead atoms. The average Bonchev–Trinajstić information content (AvgIpc) is 2.83. The minimum Gasteiger partial charge on any atom is -0.488 e. The van der Waals surface area contributed by atoms with Gasteiger partial charge in [0.25, 0.3) is 5.56 Å². The highest BCUT2D eigenvalue weighted by Crippen LogP contribution is 2.23. The standard InChI is InChI=1S/C27H25BrClN3O2/c1-3-4-5-26-31-24-12-10-21(28)15-23(24)27(33)32(26)30-16-20-14-22(29)11-13-25(20)34-17-19-8-6-18(2)7-9-19/h6-16H,3-5,17H2,1-2H3. The average molecular weight is 539 g/mol. The van der Waals surface area contributed by atoms with E-state index in [0.29, 0.717) is 46.1 Å². The van der Waals surface area contributed by atoms with Crippen LogP contribution in [0.4, 0.5) is 0 Å². The zero-order valence-electron chi connectivity index (χ0n) is 19.1. The number of hydrogen-bond acceptors (Lipinski definition) is 4. The first-order valence-electron chi connectivity index (χ1n) is 11.2. The van der Waals surface area contributed by atoms with Gasteiger partial charge in [-0.3, -0.25) is 4.79 Å². The van der Waals surface area contributed by atoms with Crippen LogP contribution in [0.3, 0.4) is 0 Å². The van der Waals surface area contributed by atoms with E-state index in [1.807, 2.05) is 30.3 Å². The highest BCUT2D eigenvalue weighted by atomic mass is 79.9. The van der Waals surface area contributed by atoms with Crippen LogP contribution in [0.15, 0.2) is 75.0 Å². The van der Waals surface area contributed by atoms with Gasteiger partial charge in [-0.05, 0) is 55.3 Å². The largest absolute Gasteiger partial charge is 0.488 e. The lowest BCUT2D eigenvalue weighted by atomic mass is 10.1. The number of halogens is 2. The van der Waals surface area contributed by atoms with Crippen LogP contribution >= 0.6 is 27.5 Å². The molecule has 4 aromatic rings. The van der Waals surface area contributed by atoms with Crippen molar-refractivity contribution in [2.75, 3.05) is 0 Å². The van der Waals surface area contributed by atoms with Crippen molar-refractivity contribution < 1.29 is 4.74 Å². The molecule has 3 aromatic carbocycles. The summed E-state index contributed by atoms with van der Waals surface area (Å²) in [5.41, 5.74) is 3.39. The van der Waals surface area contributed by atoms with Crippen LogP contribution in [0, 0.1) is 6.92 Å². The van der Waals surface area contributed by atoms with Crippen LogP contribution in [-0.2, 0) is 13.0 Å². The number of nitrogens with zero attached hydrogens (tertiary/aromatic N) is 3. The van der Waals surface area contributed by atoms with Crippen molar-refractivity contribution >= 4 is 44.6 Å². The molecule has 0 spiro atoms. The van der Waals surface area contributed by atoms with E-state index >= 15 is 0 Å². The molecule has 5 nitrogen and oxygen atoms in total. The van der Waals surface area contributed by atoms with E-state index < -0.39 is 0 Å². The zero-order chi connectivity index (χ0) is 24.1. The molecule has 4 rings (SSSR count). The molecule has 7 heteroatoms. The summed E-state index contributed by atoms with van der Waals surface area (Å²) in [6.07, 6.45) is 4.16. The lowest BCUT2D eigenvalue weighted by Gasteiger charge is -2.11. The highest BCUT2D eigenvalue weighted by Gasteiger charge is 2.11. The van der Waals surface area contributed by atoms with Crippen LogP contribution in [0.1, 0.15) is 42.3 Å². The minimum absolute atomic E-state index is 0.210. The quantitative estimate of drug-likeness (QED) is 0.229. The Balaban J connectivity index is 1.70. The molecule has 0 atom stereocenters. The molecule has 0 amide bonds. The second-order valence-electron chi connectivity index (χ2n) is 8.11. The van der Waals surface area contributed by atoms with Gasteiger partial charge in [0.2, 0.25) is 0 Å². The Hall–Kier alpha value is -2.96. The van der Waals surface area contributed by atoms with Gasteiger partial charge in [0.1, 0.15) is 18.2 Å². The molecule has 174 valence electrons. The zero-order valence-corrected chi connectivity index (χ0v) is 21.4. The van der Waals surface area contributed by atoms with E-state index in [-0.39, 0.29) is 5.56 Å². The number of aromatic nitrogens is 2. The van der Waals surface area contributed by atoms with Gasteiger partial charge in [0, 0.05) is 21.5 Å². The first-order valence-corrected chi connectivity index (χ1v) is 12.3. The van der Waals surface area contributed by atoms with Crippen molar-refractivity contribution in [3.63, 3.8) is 0 Å². The Morgan fingerprint density at radius 3 is 2.68 bits per heavy atom. The van der Waals surface area contributed by atoms with Crippen LogP contribution in [0.2, 0.25) is 5.02 Å². The Kier molecular flexibility index (Phi) is 7.80. The maximum atomic E-state index is 13.3. The van der Waals surface area contributed by atoms with Gasteiger partial charge in [-0.15, -0.1) is 0 Å². The molecule has 0 fully saturated rings. The monoisotopic (exact) mass is 537 g/mol. The predicted molar refractivity (Wildman–Crippen MR) is 142 cm³/mol. The molecular weight excluding hydrogens is 514 g/mol. The van der Waals surface area contributed by atoms with Crippen molar-refractivity contribution in [3.05, 3.63) is 103 Å². The van der Waals surface area contributed by atoms with E-state index in [9.17, 15) is 4.79 Å². The predicted octanol–water partition coefficient (Wildman–Crippen LogP) is 6.92. The Morgan fingerprint density at radius 2 is 1.91 bits per heavy atom. The summed E-state index contributed by atoms with van der Waals surface area (Å²) >= 11 is 9.70. The van der Waals surface area contributed by atoms with E-state index in [2.05, 4.69) is 47.0 Å². The van der Waals surface area contributed by atoms with Crippen LogP contribution in [0.25, 0.3) is 10.9 Å². The summed E-state index contributed by atoms with van der Waals surface area (Å²) in [7, 11) is 0. The number of aryl methyl sites for hydroxylation is 2. The van der Waals surface area contributed by atoms with Crippen LogP contribution in [0.5, 0.6) is 5.75 Å². The summed E-state index contributed by atoms with van der Waals surface area (Å²) < 4.78 is 8.26. The third-order valence-electron chi connectivity index (χ3n) is 5.43. The van der Waals surface area contributed by atoms with Crippen molar-refractivity contribution in [2.24, 2.45) is 5.10 Å². The van der Waals surface area contributed by atoms with Crippen LogP contribution < -0.4 is 10.3 Å². The van der Waals surface area contributed by atoms with Gasteiger partial charge in [-0.25, -0.2) is 4.98 Å². The molecule has 0 aliphatic heterocycles. The Morgan fingerprint density at radius 1 is 1.12 bits per heavy atom. The van der Waals surface area contributed by atoms with Gasteiger partial charge >= 0.3 is 0 Å². The van der Waals surface area contributed by atoms with E-state index in [1.54, 1.807) is 24.4 Å². The minimum atomic E-state index is -0.210. The highest BCUT2D eigenvalue weighted by molar-refractivity contribution is 9.10. The molecule has 1 heterocycles. The molecular formula is C27H25BrClN3O2. The van der Waals surface area contributed by atoms with Gasteiger partial charge in [-0.2, -0.15) is 9.78 Å². The Bertz CT molecular complexity index is 1400. The van der Waals surface area contributed by atoms with Crippen molar-refractivity contribution in [2.45, 2.75) is 39.7 Å². The molecule has 0 radical (unpaired) electrons. The molecule has 0 N–H and O–H groups in total. The summed E-state index contributed by atoms with van der Waals surface area (Å²) in [4.78, 5) is 18.0. The lowest BCUT2D eigenvalue weighted by Crippen LogP contribution is -2.22. The normalized spacial score (nSPS) is 11.4. The number of ether oxygens (including phenoxy) is 1. The van der Waals surface area contributed by atoms with Crippen molar-refractivity contribution in [3.8, 4) is 5.75 Å². The van der Waals surface area contributed by atoms with Crippen LogP contribution in [-0.4, -0.2) is 15.9 Å². The number of benzene rings is 3. The van der Waals surface area contributed by atoms with Gasteiger partial charge in [-0.1, -0.05) is 70.7 Å². The van der Waals surface area contributed by atoms with Gasteiger partial charge in [0.15, 0.2) is 0 Å².